The van der Waals surface area contributed by atoms with E-state index in [2.05, 4.69) is 20.9 Å². The minimum Gasteiger partial charge on any atom is -0.311 e. The van der Waals surface area contributed by atoms with Crippen LogP contribution in [0.1, 0.15) is 5.69 Å². The number of nitrogens with zero attached hydrogens (tertiary/aromatic N) is 2. The number of aromatic nitrogens is 2. The highest BCUT2D eigenvalue weighted by molar-refractivity contribution is 9.10. The van der Waals surface area contributed by atoms with Crippen LogP contribution in [0, 0.1) is 6.92 Å². The molecule has 0 aliphatic carbocycles. The topological polar surface area (TPSA) is 34.9 Å². The maximum atomic E-state index is 12.3. The summed E-state index contributed by atoms with van der Waals surface area (Å²) in [6.45, 7) is 1.93. The van der Waals surface area contributed by atoms with Crippen molar-refractivity contribution in [1.29, 1.82) is 0 Å². The van der Waals surface area contributed by atoms with Crippen molar-refractivity contribution in [2.45, 2.75) is 6.92 Å². The van der Waals surface area contributed by atoms with Crippen LogP contribution in [-0.4, -0.2) is 9.55 Å². The average molecular weight is 303 g/mol. The van der Waals surface area contributed by atoms with E-state index in [9.17, 15) is 4.79 Å². The Morgan fingerprint density at radius 3 is 2.67 bits per heavy atom. The molecule has 0 atom stereocenters. The fourth-order valence-corrected chi connectivity index (χ4v) is 2.56. The number of hydrogen-bond acceptors (Lipinski definition) is 2. The summed E-state index contributed by atoms with van der Waals surface area (Å²) in [5, 5.41) is 1.66. The van der Waals surface area contributed by atoms with Crippen molar-refractivity contribution in [3.63, 3.8) is 0 Å². The molecule has 0 N–H and O–H groups in total. The third-order valence-electron chi connectivity index (χ3n) is 3.15. The van der Waals surface area contributed by atoms with Crippen molar-refractivity contribution in [3.05, 3.63) is 50.9 Å². The molecular formula is C14H11BrN2O. The molecule has 0 spiro atoms. The number of pyridine rings is 2. The number of aryl methyl sites for hydroxylation is 2. The fourth-order valence-electron chi connectivity index (χ4n) is 2.21. The van der Waals surface area contributed by atoms with E-state index >= 15 is 0 Å². The molecule has 0 bridgehead atoms. The maximum absolute atomic E-state index is 12.3. The Kier molecular flexibility index (Phi) is 2.48. The van der Waals surface area contributed by atoms with Gasteiger partial charge in [0, 0.05) is 22.6 Å². The lowest BCUT2D eigenvalue weighted by atomic mass is 10.1. The molecule has 0 aliphatic heterocycles. The van der Waals surface area contributed by atoms with Crippen LogP contribution >= 0.6 is 15.9 Å². The van der Waals surface area contributed by atoms with Gasteiger partial charge < -0.3 is 4.57 Å². The largest absolute Gasteiger partial charge is 0.311 e. The van der Waals surface area contributed by atoms with Crippen molar-refractivity contribution in [2.24, 2.45) is 7.05 Å². The van der Waals surface area contributed by atoms with E-state index in [1.54, 1.807) is 11.6 Å². The number of halogens is 1. The molecule has 0 unspecified atom stereocenters. The van der Waals surface area contributed by atoms with Crippen molar-refractivity contribution in [1.82, 2.24) is 9.55 Å². The van der Waals surface area contributed by atoms with Gasteiger partial charge >= 0.3 is 0 Å². The Balaban J connectivity index is 2.68. The standard InChI is InChI=1S/C14H11BrN2O/c1-8-3-5-11-13(16-8)10-6-4-9(15)7-12(10)17(2)14(11)18/h3-7H,1-2H3. The Morgan fingerprint density at radius 1 is 1.17 bits per heavy atom. The number of hydrogen-bond donors (Lipinski definition) is 0. The fraction of sp³-hybridized carbons (Fsp3) is 0.143. The van der Waals surface area contributed by atoms with Crippen LogP contribution in [0.4, 0.5) is 0 Å². The molecule has 2 aromatic heterocycles. The lowest BCUT2D eigenvalue weighted by molar-refractivity contribution is 0.916. The second kappa shape index (κ2) is 3.92. The SMILES string of the molecule is Cc1ccc2c(=O)n(C)c3cc(Br)ccc3c2n1. The van der Waals surface area contributed by atoms with Crippen LogP contribution in [-0.2, 0) is 7.05 Å². The molecule has 2 heterocycles. The first-order chi connectivity index (χ1) is 8.58. The Hall–Kier alpha value is -1.68. The molecule has 3 nitrogen and oxygen atoms in total. The molecule has 0 aliphatic rings. The molecule has 4 heteroatoms. The van der Waals surface area contributed by atoms with E-state index in [0.717, 1.165) is 26.6 Å². The number of fused-ring (bicyclic) bond motifs is 3. The van der Waals surface area contributed by atoms with Crippen LogP contribution in [0.5, 0.6) is 0 Å². The smallest absolute Gasteiger partial charge is 0.260 e. The molecule has 3 rings (SSSR count). The van der Waals surface area contributed by atoms with Crippen molar-refractivity contribution in [2.75, 3.05) is 0 Å². The third-order valence-corrected chi connectivity index (χ3v) is 3.64. The summed E-state index contributed by atoms with van der Waals surface area (Å²) in [7, 11) is 1.79. The van der Waals surface area contributed by atoms with Gasteiger partial charge in [0.1, 0.15) is 0 Å². The van der Waals surface area contributed by atoms with Crippen molar-refractivity contribution < 1.29 is 0 Å². The summed E-state index contributed by atoms with van der Waals surface area (Å²) in [6, 6.07) is 9.62. The van der Waals surface area contributed by atoms with E-state index in [-0.39, 0.29) is 5.56 Å². The average Bonchev–Trinajstić information content (AvgIpc) is 2.35. The summed E-state index contributed by atoms with van der Waals surface area (Å²) in [4.78, 5) is 16.8. The summed E-state index contributed by atoms with van der Waals surface area (Å²) in [5.74, 6) is 0. The highest BCUT2D eigenvalue weighted by Crippen LogP contribution is 2.24. The van der Waals surface area contributed by atoms with Gasteiger partial charge in [-0.3, -0.25) is 9.78 Å². The highest BCUT2D eigenvalue weighted by atomic mass is 79.9. The van der Waals surface area contributed by atoms with Gasteiger partial charge in [-0.25, -0.2) is 0 Å². The second-order valence-electron chi connectivity index (χ2n) is 4.37. The van der Waals surface area contributed by atoms with Gasteiger partial charge in [0.05, 0.1) is 16.4 Å². The molecule has 18 heavy (non-hydrogen) atoms. The Labute approximate surface area is 112 Å². The first kappa shape index (κ1) is 11.4. The first-order valence-corrected chi connectivity index (χ1v) is 6.43. The molecule has 1 aromatic carbocycles. The second-order valence-corrected chi connectivity index (χ2v) is 5.29. The summed E-state index contributed by atoms with van der Waals surface area (Å²) >= 11 is 3.43. The monoisotopic (exact) mass is 302 g/mol. The molecule has 0 saturated carbocycles. The maximum Gasteiger partial charge on any atom is 0.260 e. The summed E-state index contributed by atoms with van der Waals surface area (Å²) in [6.07, 6.45) is 0. The van der Waals surface area contributed by atoms with Gasteiger partial charge in [0.2, 0.25) is 0 Å². The van der Waals surface area contributed by atoms with Crippen molar-refractivity contribution >= 4 is 37.7 Å². The van der Waals surface area contributed by atoms with Gasteiger partial charge in [0.25, 0.3) is 5.56 Å². The van der Waals surface area contributed by atoms with Gasteiger partial charge in [-0.2, -0.15) is 0 Å². The van der Waals surface area contributed by atoms with E-state index < -0.39 is 0 Å². The molecule has 0 fully saturated rings. The number of benzene rings is 1. The van der Waals surface area contributed by atoms with Crippen LogP contribution in [0.2, 0.25) is 0 Å². The van der Waals surface area contributed by atoms with E-state index in [4.69, 9.17) is 0 Å². The molecule has 0 amide bonds. The van der Waals surface area contributed by atoms with Crippen LogP contribution < -0.4 is 5.56 Å². The highest BCUT2D eigenvalue weighted by Gasteiger charge is 2.09. The minimum absolute atomic E-state index is 0.0110. The molecule has 0 radical (unpaired) electrons. The molecule has 0 saturated heterocycles. The van der Waals surface area contributed by atoms with Gasteiger partial charge in [-0.15, -0.1) is 0 Å². The number of rotatable bonds is 0. The van der Waals surface area contributed by atoms with Gasteiger partial charge in [0.15, 0.2) is 0 Å². The Bertz CT molecular complexity index is 836. The van der Waals surface area contributed by atoms with E-state index in [1.165, 1.54) is 0 Å². The summed E-state index contributed by atoms with van der Waals surface area (Å²) in [5.41, 5.74) is 2.57. The van der Waals surface area contributed by atoms with Crippen LogP contribution in [0.15, 0.2) is 39.6 Å². The predicted octanol–water partition coefficient (Wildman–Crippen LogP) is 3.16. The minimum atomic E-state index is -0.0110. The molecule has 90 valence electrons. The zero-order valence-electron chi connectivity index (χ0n) is 10.1. The first-order valence-electron chi connectivity index (χ1n) is 5.63. The van der Waals surface area contributed by atoms with E-state index in [1.807, 2.05) is 37.3 Å². The molecule has 3 aromatic rings. The van der Waals surface area contributed by atoms with Crippen LogP contribution in [0.3, 0.4) is 0 Å². The lowest BCUT2D eigenvalue weighted by Gasteiger charge is -2.09. The summed E-state index contributed by atoms with van der Waals surface area (Å²) < 4.78 is 2.62. The normalized spacial score (nSPS) is 11.3. The zero-order chi connectivity index (χ0) is 12.9. The third kappa shape index (κ3) is 1.56. The van der Waals surface area contributed by atoms with E-state index in [0.29, 0.717) is 5.39 Å². The quantitative estimate of drug-likeness (QED) is 0.598. The predicted molar refractivity (Wildman–Crippen MR) is 76.9 cm³/mol. The van der Waals surface area contributed by atoms with Crippen molar-refractivity contribution in [3.8, 4) is 0 Å². The van der Waals surface area contributed by atoms with Gasteiger partial charge in [-0.05, 0) is 37.3 Å². The van der Waals surface area contributed by atoms with Gasteiger partial charge in [-0.1, -0.05) is 15.9 Å². The lowest BCUT2D eigenvalue weighted by Crippen LogP contribution is -2.17. The van der Waals surface area contributed by atoms with Crippen LogP contribution in [0.25, 0.3) is 21.8 Å². The Morgan fingerprint density at radius 2 is 1.89 bits per heavy atom. The zero-order valence-corrected chi connectivity index (χ0v) is 11.7. The molecular weight excluding hydrogens is 292 g/mol.